The van der Waals surface area contributed by atoms with Crippen LogP contribution in [-0.4, -0.2) is 15.4 Å². The lowest BCUT2D eigenvalue weighted by Crippen LogP contribution is -2.26. The summed E-state index contributed by atoms with van der Waals surface area (Å²) in [7, 11) is 0. The van der Waals surface area contributed by atoms with Crippen LogP contribution >= 0.6 is 36.0 Å². The van der Waals surface area contributed by atoms with Gasteiger partial charge in [-0.15, -0.1) is 0 Å². The molecule has 0 heterocycles. The number of urea groups is 1. The van der Waals surface area contributed by atoms with E-state index in [0.717, 1.165) is 5.56 Å². The van der Waals surface area contributed by atoms with Crippen molar-refractivity contribution in [1.82, 2.24) is 4.31 Å². The molecule has 2 aromatic carbocycles. The first-order valence-electron chi connectivity index (χ1n) is 6.39. The highest BCUT2D eigenvalue weighted by molar-refractivity contribution is 7.78. The molecule has 0 aliphatic carbocycles. The molecule has 2 rings (SSSR count). The predicted octanol–water partition coefficient (Wildman–Crippen LogP) is 4.89. The molecule has 0 atom stereocenters. The fraction of sp³-hybridized carbons (Fsp3) is 0.133. The minimum absolute atomic E-state index is 0.108. The zero-order valence-corrected chi connectivity index (χ0v) is 14.1. The topological polar surface area (TPSA) is 52.6 Å². The fourth-order valence-corrected chi connectivity index (χ4v) is 2.48. The first-order valence-corrected chi connectivity index (χ1v) is 7.54. The monoisotopic (exact) mass is 356 g/mol. The lowest BCUT2D eigenvalue weighted by molar-refractivity contribution is 0.238. The van der Waals surface area contributed by atoms with Crippen molar-refractivity contribution in [1.29, 1.82) is 0 Å². The number of halogens is 2. The first-order chi connectivity index (χ1) is 10.4. The number of hydrogen-bond donors (Lipinski definition) is 3. The third-order valence-electron chi connectivity index (χ3n) is 3.07. The molecule has 0 unspecified atom stereocenters. The Morgan fingerprint density at radius 1 is 1.32 bits per heavy atom. The van der Waals surface area contributed by atoms with Crippen molar-refractivity contribution in [2.24, 2.45) is 0 Å². The summed E-state index contributed by atoms with van der Waals surface area (Å²) in [6, 6.07) is 10.3. The zero-order chi connectivity index (χ0) is 16.3. The van der Waals surface area contributed by atoms with Gasteiger partial charge in [-0.2, -0.15) is 0 Å². The summed E-state index contributed by atoms with van der Waals surface area (Å²) in [4.78, 5) is 12.1. The summed E-state index contributed by atoms with van der Waals surface area (Å²) in [6.07, 6.45) is 0. The molecule has 116 valence electrons. The molecule has 0 saturated carbocycles. The number of amides is 2. The molecule has 2 amide bonds. The smallest absolute Gasteiger partial charge is 0.332 e. The van der Waals surface area contributed by atoms with Gasteiger partial charge in [0.2, 0.25) is 0 Å². The van der Waals surface area contributed by atoms with Crippen LogP contribution in [0.25, 0.3) is 0 Å². The summed E-state index contributed by atoms with van der Waals surface area (Å²) in [5, 5.41) is 13.0. The van der Waals surface area contributed by atoms with E-state index in [4.69, 9.17) is 23.2 Å². The second-order valence-electron chi connectivity index (χ2n) is 4.67. The molecular formula is C15H14Cl2N2O2S. The molecule has 0 fully saturated rings. The third kappa shape index (κ3) is 3.80. The second-order valence-corrected chi connectivity index (χ2v) is 5.93. The van der Waals surface area contributed by atoms with E-state index in [1.807, 2.05) is 30.3 Å². The molecule has 0 radical (unpaired) electrons. The number of anilines is 1. The van der Waals surface area contributed by atoms with Crippen LogP contribution in [0.5, 0.6) is 5.75 Å². The second kappa shape index (κ2) is 7.13. The van der Waals surface area contributed by atoms with Crippen LogP contribution in [0.4, 0.5) is 10.5 Å². The fourth-order valence-electron chi connectivity index (χ4n) is 1.81. The van der Waals surface area contributed by atoms with Gasteiger partial charge in [-0.25, -0.2) is 4.79 Å². The molecule has 0 aromatic heterocycles. The molecule has 2 N–H and O–H groups in total. The van der Waals surface area contributed by atoms with E-state index in [-0.39, 0.29) is 16.5 Å². The number of aromatic hydroxyl groups is 1. The lowest BCUT2D eigenvalue weighted by atomic mass is 10.2. The number of carbonyl (C=O) groups is 1. The summed E-state index contributed by atoms with van der Waals surface area (Å²) in [5.74, 6) is -0.224. The molecule has 0 aliphatic heterocycles. The Hall–Kier alpha value is -1.56. The van der Waals surface area contributed by atoms with Gasteiger partial charge in [0.15, 0.2) is 5.75 Å². The molecule has 0 aliphatic rings. The quantitative estimate of drug-likeness (QED) is 0.541. The van der Waals surface area contributed by atoms with Crippen LogP contribution in [0.3, 0.4) is 0 Å². The normalized spacial score (nSPS) is 10.4. The molecule has 2 aromatic rings. The summed E-state index contributed by atoms with van der Waals surface area (Å²) in [6.45, 7) is 1.99. The maximum atomic E-state index is 12.1. The Balaban J connectivity index is 2.12. The number of nitrogens with one attached hydrogen (secondary N) is 1. The van der Waals surface area contributed by atoms with E-state index >= 15 is 0 Å². The van der Waals surface area contributed by atoms with Crippen LogP contribution < -0.4 is 5.32 Å². The molecular weight excluding hydrogens is 343 g/mol. The van der Waals surface area contributed by atoms with Crippen molar-refractivity contribution in [2.45, 2.75) is 13.5 Å². The average molecular weight is 357 g/mol. The van der Waals surface area contributed by atoms with Gasteiger partial charge in [0.05, 0.1) is 17.3 Å². The van der Waals surface area contributed by atoms with Gasteiger partial charge in [-0.1, -0.05) is 66.3 Å². The van der Waals surface area contributed by atoms with E-state index in [1.54, 1.807) is 6.92 Å². The van der Waals surface area contributed by atoms with Gasteiger partial charge < -0.3 is 10.4 Å². The van der Waals surface area contributed by atoms with Gasteiger partial charge in [0, 0.05) is 5.02 Å². The van der Waals surface area contributed by atoms with Crippen molar-refractivity contribution in [3.05, 3.63) is 57.6 Å². The highest BCUT2D eigenvalue weighted by Gasteiger charge is 2.17. The molecule has 4 nitrogen and oxygen atoms in total. The van der Waals surface area contributed by atoms with E-state index in [2.05, 4.69) is 18.1 Å². The minimum atomic E-state index is -0.501. The van der Waals surface area contributed by atoms with Gasteiger partial charge >= 0.3 is 6.03 Å². The SMILES string of the molecule is Cc1c(Cl)cc(NC(=O)N(S)Cc2ccccc2)c(O)c1Cl. The van der Waals surface area contributed by atoms with Crippen molar-refractivity contribution in [2.75, 3.05) is 5.32 Å². The Morgan fingerprint density at radius 3 is 2.59 bits per heavy atom. The van der Waals surface area contributed by atoms with Crippen molar-refractivity contribution < 1.29 is 9.90 Å². The van der Waals surface area contributed by atoms with Crippen LogP contribution in [0, 0.1) is 6.92 Å². The van der Waals surface area contributed by atoms with Crippen LogP contribution in [0.2, 0.25) is 10.0 Å². The molecule has 0 saturated heterocycles. The van der Waals surface area contributed by atoms with Crippen LogP contribution in [0.15, 0.2) is 36.4 Å². The number of carbonyl (C=O) groups excluding carboxylic acids is 1. The zero-order valence-electron chi connectivity index (χ0n) is 11.7. The first kappa shape index (κ1) is 16.8. The van der Waals surface area contributed by atoms with E-state index < -0.39 is 6.03 Å². The Bertz CT molecular complexity index is 696. The molecule has 0 bridgehead atoms. The predicted molar refractivity (Wildman–Crippen MR) is 92.9 cm³/mol. The third-order valence-corrected chi connectivity index (χ3v) is 4.25. The molecule has 7 heteroatoms. The van der Waals surface area contributed by atoms with Gasteiger partial charge in [0.1, 0.15) is 0 Å². The number of thiol groups is 1. The molecule has 0 spiro atoms. The van der Waals surface area contributed by atoms with Crippen LogP contribution in [-0.2, 0) is 6.54 Å². The number of phenolic OH excluding ortho intramolecular Hbond substituents is 1. The lowest BCUT2D eigenvalue weighted by Gasteiger charge is -2.18. The largest absolute Gasteiger partial charge is 0.504 e. The van der Waals surface area contributed by atoms with Crippen molar-refractivity contribution in [3.8, 4) is 5.75 Å². The van der Waals surface area contributed by atoms with Crippen molar-refractivity contribution in [3.63, 3.8) is 0 Å². The van der Waals surface area contributed by atoms with Crippen LogP contribution in [0.1, 0.15) is 11.1 Å². The molecule has 22 heavy (non-hydrogen) atoms. The summed E-state index contributed by atoms with van der Waals surface area (Å²) >= 11 is 16.1. The van der Waals surface area contributed by atoms with E-state index in [9.17, 15) is 9.90 Å². The number of nitrogens with zero attached hydrogens (tertiary/aromatic N) is 1. The number of hydrogen-bond acceptors (Lipinski definition) is 3. The average Bonchev–Trinajstić information content (AvgIpc) is 2.51. The maximum absolute atomic E-state index is 12.1. The Labute approximate surface area is 144 Å². The highest BCUT2D eigenvalue weighted by Crippen LogP contribution is 2.38. The van der Waals surface area contributed by atoms with Crippen molar-refractivity contribution >= 4 is 47.7 Å². The highest BCUT2D eigenvalue weighted by atomic mass is 35.5. The Kier molecular flexibility index (Phi) is 5.45. The maximum Gasteiger partial charge on any atom is 0.332 e. The number of phenols is 1. The minimum Gasteiger partial charge on any atom is -0.504 e. The number of benzene rings is 2. The van der Waals surface area contributed by atoms with E-state index in [1.165, 1.54) is 10.4 Å². The van der Waals surface area contributed by atoms with Gasteiger partial charge in [-0.05, 0) is 24.1 Å². The summed E-state index contributed by atoms with van der Waals surface area (Å²) < 4.78 is 1.19. The summed E-state index contributed by atoms with van der Waals surface area (Å²) in [5.41, 5.74) is 1.61. The number of rotatable bonds is 3. The van der Waals surface area contributed by atoms with Gasteiger partial charge in [-0.3, -0.25) is 4.31 Å². The Morgan fingerprint density at radius 2 is 1.95 bits per heavy atom. The van der Waals surface area contributed by atoms with Gasteiger partial charge in [0.25, 0.3) is 0 Å². The standard InChI is InChI=1S/C15H14Cl2N2O2S/c1-9-11(16)7-12(14(20)13(9)17)18-15(21)19(22)8-10-5-3-2-4-6-10/h2-7,20,22H,8H2,1H3,(H,18,21). The van der Waals surface area contributed by atoms with E-state index in [0.29, 0.717) is 17.1 Å².